The highest BCUT2D eigenvalue weighted by Gasteiger charge is 2.20. The fourth-order valence-electron chi connectivity index (χ4n) is 0.918. The Morgan fingerprint density at radius 1 is 1.43 bits per heavy atom. The number of esters is 1. The Morgan fingerprint density at radius 3 is 2.57 bits per heavy atom. The Hall–Kier alpha value is -1.49. The Labute approximate surface area is 85.4 Å². The molecule has 0 radical (unpaired) electrons. The normalized spacial score (nSPS) is 11.9. The third-order valence-electron chi connectivity index (χ3n) is 1.56. The Kier molecular flexibility index (Phi) is 3.53. The number of hydrogen-bond donors (Lipinski definition) is 1. The standard InChI is InChI=1S/C9H10O4S/c1-12-8(10)7(9(11)13-2)6-4-3-5-14-6/h3-5,10H,1-2H3/b8-7-. The Balaban J connectivity index is 3.13. The van der Waals surface area contributed by atoms with Crippen molar-refractivity contribution in [3.05, 3.63) is 28.3 Å². The van der Waals surface area contributed by atoms with Crippen LogP contribution in [0.1, 0.15) is 4.88 Å². The fraction of sp³-hybridized carbons (Fsp3) is 0.222. The minimum absolute atomic E-state index is 0.0463. The van der Waals surface area contributed by atoms with Gasteiger partial charge < -0.3 is 14.6 Å². The maximum absolute atomic E-state index is 11.3. The van der Waals surface area contributed by atoms with E-state index in [0.29, 0.717) is 4.88 Å². The molecule has 0 saturated heterocycles. The van der Waals surface area contributed by atoms with Crippen molar-refractivity contribution in [3.63, 3.8) is 0 Å². The second-order valence-electron chi connectivity index (χ2n) is 2.35. The van der Waals surface area contributed by atoms with E-state index in [1.165, 1.54) is 25.6 Å². The molecule has 0 atom stereocenters. The number of aliphatic hydroxyl groups is 1. The highest BCUT2D eigenvalue weighted by Crippen LogP contribution is 2.23. The molecule has 0 aliphatic heterocycles. The van der Waals surface area contributed by atoms with Crippen LogP contribution in [0.25, 0.3) is 5.57 Å². The van der Waals surface area contributed by atoms with Crippen molar-refractivity contribution < 1.29 is 19.4 Å². The van der Waals surface area contributed by atoms with Gasteiger partial charge in [-0.25, -0.2) is 4.79 Å². The van der Waals surface area contributed by atoms with Crippen LogP contribution in [-0.4, -0.2) is 25.3 Å². The quantitative estimate of drug-likeness (QED) is 0.473. The van der Waals surface area contributed by atoms with E-state index in [9.17, 15) is 9.90 Å². The summed E-state index contributed by atoms with van der Waals surface area (Å²) in [6, 6.07) is 3.47. The molecule has 0 saturated carbocycles. The van der Waals surface area contributed by atoms with Crippen molar-refractivity contribution >= 4 is 22.9 Å². The Morgan fingerprint density at radius 2 is 2.14 bits per heavy atom. The first-order valence-electron chi connectivity index (χ1n) is 3.80. The summed E-state index contributed by atoms with van der Waals surface area (Å²) < 4.78 is 9.13. The molecule has 5 heteroatoms. The van der Waals surface area contributed by atoms with Gasteiger partial charge in [-0.1, -0.05) is 6.07 Å². The molecule has 0 aromatic carbocycles. The minimum atomic E-state index is -0.619. The average molecular weight is 214 g/mol. The van der Waals surface area contributed by atoms with E-state index in [0.717, 1.165) is 0 Å². The number of hydrogen-bond acceptors (Lipinski definition) is 5. The molecule has 4 nitrogen and oxygen atoms in total. The van der Waals surface area contributed by atoms with Gasteiger partial charge in [-0.05, 0) is 11.4 Å². The van der Waals surface area contributed by atoms with Crippen molar-refractivity contribution in [1.82, 2.24) is 0 Å². The summed E-state index contributed by atoms with van der Waals surface area (Å²) in [5.74, 6) is -1.05. The zero-order valence-corrected chi connectivity index (χ0v) is 8.63. The number of ether oxygens (including phenoxy) is 2. The lowest BCUT2D eigenvalue weighted by molar-refractivity contribution is -0.134. The van der Waals surface area contributed by atoms with Gasteiger partial charge >= 0.3 is 5.97 Å². The lowest BCUT2D eigenvalue weighted by atomic mass is 10.2. The van der Waals surface area contributed by atoms with Gasteiger partial charge in [0.25, 0.3) is 5.95 Å². The second kappa shape index (κ2) is 4.66. The van der Waals surface area contributed by atoms with Crippen LogP contribution in [-0.2, 0) is 14.3 Å². The number of aliphatic hydroxyl groups excluding tert-OH is 1. The largest absolute Gasteiger partial charge is 0.480 e. The molecule has 0 bridgehead atoms. The summed E-state index contributed by atoms with van der Waals surface area (Å²) in [5, 5.41) is 11.1. The summed E-state index contributed by atoms with van der Waals surface area (Å²) in [7, 11) is 2.53. The van der Waals surface area contributed by atoms with Crippen molar-refractivity contribution in [2.24, 2.45) is 0 Å². The number of carbonyl (C=O) groups excluding carboxylic acids is 1. The average Bonchev–Trinajstić information content (AvgIpc) is 2.70. The molecule has 76 valence electrons. The molecule has 0 unspecified atom stereocenters. The number of rotatable bonds is 3. The first kappa shape index (κ1) is 10.6. The highest BCUT2D eigenvalue weighted by atomic mass is 32.1. The Bertz CT molecular complexity index is 340. The number of methoxy groups -OCH3 is 2. The van der Waals surface area contributed by atoms with E-state index in [1.807, 2.05) is 0 Å². The summed E-state index contributed by atoms with van der Waals surface area (Å²) in [6.07, 6.45) is 0. The topological polar surface area (TPSA) is 55.8 Å². The van der Waals surface area contributed by atoms with Gasteiger partial charge in [-0.2, -0.15) is 0 Å². The van der Waals surface area contributed by atoms with Gasteiger partial charge in [-0.15, -0.1) is 11.3 Å². The monoisotopic (exact) mass is 214 g/mol. The third-order valence-corrected chi connectivity index (χ3v) is 2.45. The third kappa shape index (κ3) is 2.05. The molecule has 1 aromatic heterocycles. The summed E-state index contributed by atoms with van der Waals surface area (Å²) >= 11 is 1.32. The molecule has 1 aromatic rings. The minimum Gasteiger partial charge on any atom is -0.480 e. The summed E-state index contributed by atoms with van der Waals surface area (Å²) in [5.41, 5.74) is 0.0463. The molecule has 0 fully saturated rings. The van der Waals surface area contributed by atoms with Gasteiger partial charge in [-0.3, -0.25) is 0 Å². The van der Waals surface area contributed by atoms with Crippen molar-refractivity contribution in [2.45, 2.75) is 0 Å². The molecular formula is C9H10O4S. The fourth-order valence-corrected chi connectivity index (χ4v) is 1.67. The molecule has 0 amide bonds. The predicted octanol–water partition coefficient (Wildman–Crippen LogP) is 1.79. The predicted molar refractivity (Wildman–Crippen MR) is 52.9 cm³/mol. The van der Waals surface area contributed by atoms with E-state index in [2.05, 4.69) is 9.47 Å². The van der Waals surface area contributed by atoms with Crippen LogP contribution >= 0.6 is 11.3 Å². The highest BCUT2D eigenvalue weighted by molar-refractivity contribution is 7.11. The molecule has 14 heavy (non-hydrogen) atoms. The van der Waals surface area contributed by atoms with Gasteiger partial charge in [0.2, 0.25) is 0 Å². The number of carbonyl (C=O) groups is 1. The van der Waals surface area contributed by atoms with E-state index < -0.39 is 11.9 Å². The van der Waals surface area contributed by atoms with Crippen LogP contribution in [0.3, 0.4) is 0 Å². The van der Waals surface area contributed by atoms with Gasteiger partial charge in [0, 0.05) is 4.88 Å². The van der Waals surface area contributed by atoms with Crippen molar-refractivity contribution in [2.75, 3.05) is 14.2 Å². The van der Waals surface area contributed by atoms with E-state index in [1.54, 1.807) is 17.5 Å². The van der Waals surface area contributed by atoms with Gasteiger partial charge in [0.15, 0.2) is 5.57 Å². The number of thiophene rings is 1. The zero-order valence-electron chi connectivity index (χ0n) is 7.81. The van der Waals surface area contributed by atoms with Crippen LogP contribution in [0.15, 0.2) is 23.5 Å². The maximum Gasteiger partial charge on any atom is 0.346 e. The van der Waals surface area contributed by atoms with Crippen LogP contribution in [0.2, 0.25) is 0 Å². The van der Waals surface area contributed by atoms with Crippen LogP contribution in [0, 0.1) is 0 Å². The van der Waals surface area contributed by atoms with Crippen LogP contribution in [0.5, 0.6) is 0 Å². The first-order chi connectivity index (χ1) is 6.70. The van der Waals surface area contributed by atoms with E-state index in [4.69, 9.17) is 0 Å². The molecule has 0 aliphatic rings. The SMILES string of the molecule is COC(=O)/C(=C(/O)OC)c1cccs1. The smallest absolute Gasteiger partial charge is 0.346 e. The second-order valence-corrected chi connectivity index (χ2v) is 3.30. The molecule has 0 spiro atoms. The molecule has 1 heterocycles. The van der Waals surface area contributed by atoms with Gasteiger partial charge in [0.05, 0.1) is 14.2 Å². The van der Waals surface area contributed by atoms with Crippen molar-refractivity contribution in [3.8, 4) is 0 Å². The van der Waals surface area contributed by atoms with Crippen molar-refractivity contribution in [1.29, 1.82) is 0 Å². The van der Waals surface area contributed by atoms with Crippen LogP contribution < -0.4 is 0 Å². The summed E-state index contributed by atoms with van der Waals surface area (Å²) in [4.78, 5) is 11.9. The van der Waals surface area contributed by atoms with Gasteiger partial charge in [0.1, 0.15) is 0 Å². The molecule has 1 rings (SSSR count). The lowest BCUT2D eigenvalue weighted by Gasteiger charge is -2.05. The van der Waals surface area contributed by atoms with E-state index in [-0.39, 0.29) is 5.57 Å². The zero-order chi connectivity index (χ0) is 10.6. The molecule has 0 aliphatic carbocycles. The summed E-state index contributed by atoms with van der Waals surface area (Å²) in [6.45, 7) is 0. The first-order valence-corrected chi connectivity index (χ1v) is 4.68. The lowest BCUT2D eigenvalue weighted by Crippen LogP contribution is -2.06. The van der Waals surface area contributed by atoms with Crippen LogP contribution in [0.4, 0.5) is 0 Å². The maximum atomic E-state index is 11.3. The molecule has 1 N–H and O–H groups in total. The van der Waals surface area contributed by atoms with E-state index >= 15 is 0 Å². The molecular weight excluding hydrogens is 204 g/mol.